The molecule has 1 aromatic carbocycles. The zero-order valence-electron chi connectivity index (χ0n) is 11.7. The summed E-state index contributed by atoms with van der Waals surface area (Å²) in [5.41, 5.74) is 1.06. The Bertz CT molecular complexity index is 396. The summed E-state index contributed by atoms with van der Waals surface area (Å²) in [6.45, 7) is 4.33. The van der Waals surface area contributed by atoms with E-state index in [9.17, 15) is 9.50 Å². The molecule has 1 aliphatic rings. The molecule has 106 valence electrons. The fourth-order valence-electron chi connectivity index (χ4n) is 2.73. The minimum atomic E-state index is -0.199. The van der Waals surface area contributed by atoms with Crippen molar-refractivity contribution in [2.45, 2.75) is 31.8 Å². The van der Waals surface area contributed by atoms with E-state index in [-0.39, 0.29) is 12.4 Å². The van der Waals surface area contributed by atoms with Crippen LogP contribution in [0, 0.1) is 5.82 Å². The van der Waals surface area contributed by atoms with Gasteiger partial charge in [-0.15, -0.1) is 0 Å². The largest absolute Gasteiger partial charge is 0.396 e. The predicted octanol–water partition coefficient (Wildman–Crippen LogP) is 2.11. The Labute approximate surface area is 114 Å². The lowest BCUT2D eigenvalue weighted by molar-refractivity contribution is 0.196. The molecule has 2 rings (SSSR count). The highest BCUT2D eigenvalue weighted by Crippen LogP contribution is 2.23. The summed E-state index contributed by atoms with van der Waals surface area (Å²) in [5, 5.41) is 9.19. The van der Waals surface area contributed by atoms with Crippen LogP contribution in [0.3, 0.4) is 0 Å². The van der Waals surface area contributed by atoms with E-state index in [2.05, 4.69) is 23.8 Å². The SMILES string of the molecule is CC1CCN(C)C(CCO)CN1c1ccc(F)cc1. The van der Waals surface area contributed by atoms with Crippen LogP contribution in [0.4, 0.5) is 10.1 Å². The molecule has 1 aromatic rings. The highest BCUT2D eigenvalue weighted by molar-refractivity contribution is 5.47. The average molecular weight is 266 g/mol. The average Bonchev–Trinajstić information content (AvgIpc) is 2.54. The van der Waals surface area contributed by atoms with Gasteiger partial charge >= 0.3 is 0 Å². The minimum absolute atomic E-state index is 0.199. The highest BCUT2D eigenvalue weighted by atomic mass is 19.1. The predicted molar refractivity (Wildman–Crippen MR) is 75.9 cm³/mol. The van der Waals surface area contributed by atoms with E-state index in [4.69, 9.17) is 0 Å². The Morgan fingerprint density at radius 2 is 2.00 bits per heavy atom. The molecule has 0 saturated carbocycles. The molecule has 1 saturated heterocycles. The summed E-state index contributed by atoms with van der Waals surface area (Å²) < 4.78 is 13.0. The molecule has 2 atom stereocenters. The molecule has 2 unspecified atom stereocenters. The molecule has 19 heavy (non-hydrogen) atoms. The Morgan fingerprint density at radius 3 is 2.63 bits per heavy atom. The van der Waals surface area contributed by atoms with E-state index in [0.717, 1.165) is 31.6 Å². The van der Waals surface area contributed by atoms with Crippen LogP contribution in [0.5, 0.6) is 0 Å². The Hall–Kier alpha value is -1.13. The molecule has 3 nitrogen and oxygen atoms in total. The van der Waals surface area contributed by atoms with Crippen LogP contribution in [0.1, 0.15) is 19.8 Å². The number of hydrogen-bond donors (Lipinski definition) is 1. The van der Waals surface area contributed by atoms with Gasteiger partial charge in [-0.25, -0.2) is 4.39 Å². The molecule has 0 aliphatic carbocycles. The molecular weight excluding hydrogens is 243 g/mol. The van der Waals surface area contributed by atoms with Gasteiger partial charge in [-0.1, -0.05) is 0 Å². The lowest BCUT2D eigenvalue weighted by Crippen LogP contribution is -2.41. The lowest BCUT2D eigenvalue weighted by atomic mass is 10.1. The Morgan fingerprint density at radius 1 is 1.32 bits per heavy atom. The zero-order chi connectivity index (χ0) is 13.8. The van der Waals surface area contributed by atoms with Gasteiger partial charge in [-0.3, -0.25) is 0 Å². The highest BCUT2D eigenvalue weighted by Gasteiger charge is 2.26. The Kier molecular flexibility index (Phi) is 4.77. The van der Waals surface area contributed by atoms with Crippen molar-refractivity contribution in [3.05, 3.63) is 30.1 Å². The van der Waals surface area contributed by atoms with Crippen molar-refractivity contribution >= 4 is 5.69 Å². The van der Waals surface area contributed by atoms with E-state index in [1.165, 1.54) is 12.1 Å². The van der Waals surface area contributed by atoms with Crippen molar-refractivity contribution in [3.8, 4) is 0 Å². The Balaban J connectivity index is 2.18. The summed E-state index contributed by atoms with van der Waals surface area (Å²) in [5.74, 6) is -0.199. The number of aliphatic hydroxyl groups is 1. The van der Waals surface area contributed by atoms with E-state index in [1.54, 1.807) is 0 Å². The molecule has 0 spiro atoms. The topological polar surface area (TPSA) is 26.7 Å². The second-order valence-electron chi connectivity index (χ2n) is 5.41. The van der Waals surface area contributed by atoms with Crippen LogP contribution >= 0.6 is 0 Å². The van der Waals surface area contributed by atoms with Crippen molar-refractivity contribution < 1.29 is 9.50 Å². The summed E-state index contributed by atoms with van der Waals surface area (Å²) in [6.07, 6.45) is 1.86. The number of aliphatic hydroxyl groups excluding tert-OH is 1. The second kappa shape index (κ2) is 6.35. The maximum Gasteiger partial charge on any atom is 0.123 e. The standard InChI is InChI=1S/C15H23FN2O/c1-12-7-9-17(2)15(8-10-19)11-18(12)14-5-3-13(16)4-6-14/h3-6,12,15,19H,7-11H2,1-2H3. The number of rotatable bonds is 3. The van der Waals surface area contributed by atoms with Crippen LogP contribution in [-0.4, -0.2) is 48.8 Å². The number of benzene rings is 1. The molecular formula is C15H23FN2O. The lowest BCUT2D eigenvalue weighted by Gasteiger charge is -2.32. The third kappa shape index (κ3) is 3.45. The van der Waals surface area contributed by atoms with Gasteiger partial charge in [0.1, 0.15) is 5.82 Å². The summed E-state index contributed by atoms with van der Waals surface area (Å²) >= 11 is 0. The van der Waals surface area contributed by atoms with Crippen molar-refractivity contribution in [1.82, 2.24) is 4.90 Å². The summed E-state index contributed by atoms with van der Waals surface area (Å²) in [7, 11) is 2.11. The first kappa shape index (κ1) is 14.3. The van der Waals surface area contributed by atoms with Gasteiger partial charge in [-0.05, 0) is 51.1 Å². The van der Waals surface area contributed by atoms with Gasteiger partial charge in [0.25, 0.3) is 0 Å². The number of nitrogens with zero attached hydrogens (tertiary/aromatic N) is 2. The molecule has 0 aromatic heterocycles. The van der Waals surface area contributed by atoms with Gasteiger partial charge in [-0.2, -0.15) is 0 Å². The van der Waals surface area contributed by atoms with E-state index >= 15 is 0 Å². The number of hydrogen-bond acceptors (Lipinski definition) is 3. The van der Waals surface area contributed by atoms with Gasteiger partial charge in [0.2, 0.25) is 0 Å². The minimum Gasteiger partial charge on any atom is -0.396 e. The molecule has 1 heterocycles. The smallest absolute Gasteiger partial charge is 0.123 e. The third-order valence-corrected chi connectivity index (χ3v) is 4.08. The van der Waals surface area contributed by atoms with Crippen LogP contribution in [0.2, 0.25) is 0 Å². The fourth-order valence-corrected chi connectivity index (χ4v) is 2.73. The van der Waals surface area contributed by atoms with Crippen LogP contribution in [-0.2, 0) is 0 Å². The first-order chi connectivity index (χ1) is 9.11. The van der Waals surface area contributed by atoms with Crippen molar-refractivity contribution in [3.63, 3.8) is 0 Å². The monoisotopic (exact) mass is 266 g/mol. The first-order valence-electron chi connectivity index (χ1n) is 6.95. The van der Waals surface area contributed by atoms with Crippen LogP contribution < -0.4 is 4.90 Å². The number of halogens is 1. The van der Waals surface area contributed by atoms with E-state index in [1.807, 2.05) is 12.1 Å². The van der Waals surface area contributed by atoms with Gasteiger partial charge in [0.15, 0.2) is 0 Å². The molecule has 1 fully saturated rings. The summed E-state index contributed by atoms with van der Waals surface area (Å²) in [4.78, 5) is 4.64. The molecule has 4 heteroatoms. The molecule has 0 amide bonds. The van der Waals surface area contributed by atoms with Crippen LogP contribution in [0.25, 0.3) is 0 Å². The van der Waals surface area contributed by atoms with E-state index < -0.39 is 0 Å². The maximum absolute atomic E-state index is 13.0. The molecule has 0 radical (unpaired) electrons. The zero-order valence-corrected chi connectivity index (χ0v) is 11.7. The molecule has 1 aliphatic heterocycles. The van der Waals surface area contributed by atoms with Crippen LogP contribution in [0.15, 0.2) is 24.3 Å². The molecule has 1 N–H and O–H groups in total. The van der Waals surface area contributed by atoms with Crippen molar-refractivity contribution in [1.29, 1.82) is 0 Å². The van der Waals surface area contributed by atoms with Crippen molar-refractivity contribution in [2.75, 3.05) is 31.6 Å². The molecule has 0 bridgehead atoms. The van der Waals surface area contributed by atoms with Crippen molar-refractivity contribution in [2.24, 2.45) is 0 Å². The van der Waals surface area contributed by atoms with Gasteiger partial charge in [0.05, 0.1) is 0 Å². The van der Waals surface area contributed by atoms with Gasteiger partial charge < -0.3 is 14.9 Å². The maximum atomic E-state index is 13.0. The normalized spacial score (nSPS) is 25.4. The second-order valence-corrected chi connectivity index (χ2v) is 5.41. The van der Waals surface area contributed by atoms with E-state index in [0.29, 0.717) is 12.1 Å². The summed E-state index contributed by atoms with van der Waals surface area (Å²) in [6, 6.07) is 7.48. The van der Waals surface area contributed by atoms with Gasteiger partial charge in [0, 0.05) is 37.5 Å². The number of likely N-dealkylation sites (N-methyl/N-ethyl adjacent to an activating group) is 1. The quantitative estimate of drug-likeness (QED) is 0.907. The number of anilines is 1. The first-order valence-corrected chi connectivity index (χ1v) is 6.95. The fraction of sp³-hybridized carbons (Fsp3) is 0.600. The third-order valence-electron chi connectivity index (χ3n) is 4.08.